The zero-order chi connectivity index (χ0) is 21.7. The minimum absolute atomic E-state index is 0.126. The van der Waals surface area contributed by atoms with Crippen LogP contribution in [0.4, 0.5) is 0 Å². The first kappa shape index (κ1) is 20.0. The van der Waals surface area contributed by atoms with Gasteiger partial charge in [0, 0.05) is 49.7 Å². The number of aromatic nitrogens is 2. The highest BCUT2D eigenvalue weighted by Crippen LogP contribution is 2.47. The molecule has 5 heteroatoms. The lowest BCUT2D eigenvalue weighted by molar-refractivity contribution is 0.409. The Morgan fingerprint density at radius 2 is 1.29 bits per heavy atom. The number of aryl methyl sites for hydroxylation is 2. The molecule has 0 aliphatic heterocycles. The van der Waals surface area contributed by atoms with E-state index in [-0.39, 0.29) is 5.92 Å². The lowest BCUT2D eigenvalue weighted by atomic mass is 9.81. The van der Waals surface area contributed by atoms with Crippen LogP contribution in [0.2, 0.25) is 10.0 Å². The Morgan fingerprint density at radius 3 is 1.81 bits per heavy atom. The van der Waals surface area contributed by atoms with Crippen LogP contribution in [-0.4, -0.2) is 17.1 Å². The second kappa shape index (κ2) is 7.67. The summed E-state index contributed by atoms with van der Waals surface area (Å²) < 4.78 is 5.80. The van der Waals surface area contributed by atoms with Gasteiger partial charge in [-0.05, 0) is 49.2 Å². The molecule has 3 nitrogen and oxygen atoms in total. The summed E-state index contributed by atoms with van der Waals surface area (Å²) in [6.07, 6.45) is 0. The number of H-pyrrole nitrogens is 2. The van der Waals surface area contributed by atoms with E-state index in [0.717, 1.165) is 28.0 Å². The van der Waals surface area contributed by atoms with Gasteiger partial charge in [0.1, 0.15) is 5.75 Å². The third-order valence-corrected chi connectivity index (χ3v) is 6.52. The predicted molar refractivity (Wildman–Crippen MR) is 130 cm³/mol. The van der Waals surface area contributed by atoms with Gasteiger partial charge in [0.2, 0.25) is 0 Å². The van der Waals surface area contributed by atoms with Gasteiger partial charge in [-0.25, -0.2) is 0 Å². The van der Waals surface area contributed by atoms with Gasteiger partial charge < -0.3 is 14.7 Å². The van der Waals surface area contributed by atoms with E-state index in [2.05, 4.69) is 60.2 Å². The highest BCUT2D eigenvalue weighted by molar-refractivity contribution is 6.35. The fourth-order valence-corrected chi connectivity index (χ4v) is 5.39. The Kier molecular flexibility index (Phi) is 4.96. The molecule has 3 aromatic carbocycles. The van der Waals surface area contributed by atoms with Crippen LogP contribution < -0.4 is 4.74 Å². The van der Waals surface area contributed by atoms with E-state index in [0.29, 0.717) is 15.8 Å². The Hall–Kier alpha value is -2.88. The molecular weight excluding hydrogens is 427 g/mol. The van der Waals surface area contributed by atoms with Crippen molar-refractivity contribution < 1.29 is 4.74 Å². The summed E-state index contributed by atoms with van der Waals surface area (Å²) in [5.74, 6) is 0.517. The number of fused-ring (bicyclic) bond motifs is 2. The van der Waals surface area contributed by atoms with Gasteiger partial charge in [0.05, 0.1) is 12.1 Å². The lowest BCUT2D eigenvalue weighted by Crippen LogP contribution is -2.08. The number of hydrogen-bond acceptors (Lipinski definition) is 1. The van der Waals surface area contributed by atoms with Gasteiger partial charge >= 0.3 is 0 Å². The van der Waals surface area contributed by atoms with Gasteiger partial charge in [-0.2, -0.15) is 0 Å². The summed E-state index contributed by atoms with van der Waals surface area (Å²) in [5.41, 5.74) is 7.75. The highest BCUT2D eigenvalue weighted by Gasteiger charge is 2.30. The smallest absolute Gasteiger partial charge is 0.141 e. The van der Waals surface area contributed by atoms with Crippen molar-refractivity contribution >= 4 is 45.0 Å². The fourth-order valence-electron chi connectivity index (χ4n) is 4.81. The Balaban J connectivity index is 1.93. The second-order valence-electron chi connectivity index (χ2n) is 7.86. The molecule has 0 aliphatic carbocycles. The van der Waals surface area contributed by atoms with Crippen molar-refractivity contribution in [1.29, 1.82) is 0 Å². The molecule has 0 radical (unpaired) electrons. The van der Waals surface area contributed by atoms with E-state index in [4.69, 9.17) is 27.9 Å². The first-order chi connectivity index (χ1) is 15.0. The molecule has 0 spiro atoms. The van der Waals surface area contributed by atoms with Crippen molar-refractivity contribution in [1.82, 2.24) is 9.97 Å². The summed E-state index contributed by atoms with van der Waals surface area (Å²) in [7, 11) is 1.65. The van der Waals surface area contributed by atoms with E-state index in [1.807, 2.05) is 18.2 Å². The van der Waals surface area contributed by atoms with Crippen molar-refractivity contribution in [3.05, 3.63) is 98.8 Å². The van der Waals surface area contributed by atoms with Crippen LogP contribution in [0.5, 0.6) is 5.75 Å². The van der Waals surface area contributed by atoms with E-state index in [1.165, 1.54) is 21.9 Å². The molecule has 5 rings (SSSR count). The van der Waals surface area contributed by atoms with Crippen LogP contribution in [0.15, 0.2) is 60.7 Å². The van der Waals surface area contributed by atoms with E-state index < -0.39 is 0 Å². The maximum Gasteiger partial charge on any atom is 0.141 e. The zero-order valence-electron chi connectivity index (χ0n) is 17.5. The number of ether oxygens (including phenoxy) is 1. The number of benzene rings is 3. The van der Waals surface area contributed by atoms with Gasteiger partial charge in [-0.3, -0.25) is 0 Å². The standard InChI is InChI=1S/C26H22Cl2N2O/c1-14-23(17-8-4-6-10-21(17)29-14)25(19-12-16(27)13-20(28)26(19)31-3)24-15(2)30-22-11-7-5-9-18(22)24/h4-13,25,29-30H,1-3H3. The highest BCUT2D eigenvalue weighted by atomic mass is 35.5. The molecule has 2 heterocycles. The third kappa shape index (κ3) is 3.20. The molecule has 0 fully saturated rings. The molecule has 5 aromatic rings. The van der Waals surface area contributed by atoms with Crippen LogP contribution in [-0.2, 0) is 0 Å². The monoisotopic (exact) mass is 448 g/mol. The van der Waals surface area contributed by atoms with E-state index in [1.54, 1.807) is 13.2 Å². The van der Waals surface area contributed by atoms with Gasteiger partial charge in [-0.1, -0.05) is 59.6 Å². The normalized spacial score (nSPS) is 11.7. The Bertz CT molecular complexity index is 1350. The summed E-state index contributed by atoms with van der Waals surface area (Å²) in [6, 6.07) is 20.5. The second-order valence-corrected chi connectivity index (χ2v) is 8.71. The first-order valence-corrected chi connectivity index (χ1v) is 10.9. The molecule has 31 heavy (non-hydrogen) atoms. The molecule has 0 amide bonds. The van der Waals surface area contributed by atoms with Crippen molar-refractivity contribution in [2.45, 2.75) is 19.8 Å². The van der Waals surface area contributed by atoms with Crippen LogP contribution in [0.1, 0.15) is 34.0 Å². The number of aromatic amines is 2. The van der Waals surface area contributed by atoms with Gasteiger partial charge in [0.25, 0.3) is 0 Å². The first-order valence-electron chi connectivity index (χ1n) is 10.2. The Morgan fingerprint density at radius 1 is 0.774 bits per heavy atom. The summed E-state index contributed by atoms with van der Waals surface area (Å²) in [5, 5.41) is 3.44. The quantitative estimate of drug-likeness (QED) is 0.289. The number of halogens is 2. The van der Waals surface area contributed by atoms with Crippen molar-refractivity contribution in [2.24, 2.45) is 0 Å². The lowest BCUT2D eigenvalue weighted by Gasteiger charge is -2.23. The fraction of sp³-hybridized carbons (Fsp3) is 0.154. The molecular formula is C26H22Cl2N2O. The van der Waals surface area contributed by atoms with Crippen molar-refractivity contribution in [3.8, 4) is 5.75 Å². The molecule has 0 saturated heterocycles. The van der Waals surface area contributed by atoms with Gasteiger partial charge in [0.15, 0.2) is 0 Å². The number of methoxy groups -OCH3 is 1. The molecule has 2 N–H and O–H groups in total. The molecule has 0 saturated carbocycles. The average Bonchev–Trinajstić information content (AvgIpc) is 3.25. The van der Waals surface area contributed by atoms with Crippen molar-refractivity contribution in [2.75, 3.05) is 7.11 Å². The Labute approximate surface area is 191 Å². The van der Waals surface area contributed by atoms with Gasteiger partial charge in [-0.15, -0.1) is 0 Å². The maximum atomic E-state index is 6.59. The third-order valence-electron chi connectivity index (χ3n) is 6.02. The topological polar surface area (TPSA) is 40.8 Å². The van der Waals surface area contributed by atoms with Crippen molar-refractivity contribution in [3.63, 3.8) is 0 Å². The molecule has 156 valence electrons. The zero-order valence-corrected chi connectivity index (χ0v) is 19.0. The van der Waals surface area contributed by atoms with E-state index >= 15 is 0 Å². The maximum absolute atomic E-state index is 6.59. The number of rotatable bonds is 4. The number of hydrogen-bond donors (Lipinski definition) is 2. The largest absolute Gasteiger partial charge is 0.495 e. The van der Waals surface area contributed by atoms with E-state index in [9.17, 15) is 0 Å². The molecule has 0 bridgehead atoms. The number of para-hydroxylation sites is 2. The number of nitrogens with one attached hydrogen (secondary N) is 2. The summed E-state index contributed by atoms with van der Waals surface area (Å²) in [4.78, 5) is 7.11. The molecule has 0 aliphatic rings. The average molecular weight is 449 g/mol. The van der Waals surface area contributed by atoms with Crippen LogP contribution >= 0.6 is 23.2 Å². The molecule has 2 aromatic heterocycles. The van der Waals surface area contributed by atoms with Crippen LogP contribution in [0, 0.1) is 13.8 Å². The predicted octanol–water partition coefficient (Wildman–Crippen LogP) is 7.76. The minimum Gasteiger partial charge on any atom is -0.495 e. The summed E-state index contributed by atoms with van der Waals surface area (Å²) >= 11 is 13.1. The molecule has 0 atom stereocenters. The minimum atomic E-state index is -0.126. The molecule has 0 unspecified atom stereocenters. The van der Waals surface area contributed by atoms with Crippen LogP contribution in [0.3, 0.4) is 0 Å². The van der Waals surface area contributed by atoms with Crippen LogP contribution in [0.25, 0.3) is 21.8 Å². The summed E-state index contributed by atoms with van der Waals surface area (Å²) in [6.45, 7) is 4.23. The SMILES string of the molecule is COc1c(Cl)cc(Cl)cc1C(c1c(C)[nH]c2ccccc12)c1c(C)[nH]c2ccccc12.